The predicted molar refractivity (Wildman–Crippen MR) is 29.6 cm³/mol. The molecule has 0 radical (unpaired) electrons. The van der Waals surface area contributed by atoms with E-state index >= 15 is 0 Å². The largest absolute Gasteiger partial charge is 0.325 e. The first kappa shape index (κ1) is 5.79. The van der Waals surface area contributed by atoms with Crippen molar-refractivity contribution in [1.82, 2.24) is 0 Å². The first-order chi connectivity index (χ1) is 2.81. The van der Waals surface area contributed by atoms with Gasteiger partial charge in [0.05, 0.1) is 0 Å². The fourth-order valence-electron chi connectivity index (χ4n) is 0.0373. The van der Waals surface area contributed by atoms with E-state index in [0.717, 1.165) is 0 Å². The number of hydrogen-bond acceptors (Lipinski definition) is 2. The zero-order valence-electron chi connectivity index (χ0n) is 3.35. The van der Waals surface area contributed by atoms with E-state index < -0.39 is 0 Å². The Morgan fingerprint density at radius 2 is 2.33 bits per heavy atom. The fraction of sp³-hybridized carbons (Fsp3) is 0. The highest BCUT2D eigenvalue weighted by atomic mass is 32.2. The predicted octanol–water partition coefficient (Wildman–Crippen LogP) is 1.89. The molecule has 2 heteroatoms. The molecule has 34 valence electrons. The molecular weight excluding hydrogens is 96.1 g/mol. The van der Waals surface area contributed by atoms with E-state index in [-0.39, 0.29) is 0 Å². The van der Waals surface area contributed by atoms with Crippen LogP contribution in [-0.2, 0) is 0 Å². The van der Waals surface area contributed by atoms with Crippen LogP contribution in [0.1, 0.15) is 0 Å². The van der Waals surface area contributed by atoms with Gasteiger partial charge in [0.25, 0.3) is 0 Å². The summed E-state index contributed by atoms with van der Waals surface area (Å²) in [6.07, 6.45) is 1.49. The Hall–Kier alpha value is -0.210. The minimum atomic E-state index is 0.579. The summed E-state index contributed by atoms with van der Waals surface area (Å²) in [6.45, 7) is 6.74. The lowest BCUT2D eigenvalue weighted by Gasteiger charge is -1.81. The molecule has 0 bridgehead atoms. The van der Waals surface area contributed by atoms with E-state index in [9.17, 15) is 0 Å². The molecule has 0 heterocycles. The second-order valence-electron chi connectivity index (χ2n) is 0.762. The molecule has 0 saturated heterocycles. The molecule has 1 N–H and O–H groups in total. The van der Waals surface area contributed by atoms with Crippen molar-refractivity contribution >= 4 is 12.0 Å². The summed E-state index contributed by atoms with van der Waals surface area (Å²) >= 11 is 0.612. The maximum atomic E-state index is 8.08. The van der Waals surface area contributed by atoms with E-state index in [2.05, 4.69) is 13.2 Å². The minimum Gasteiger partial charge on any atom is -0.325 e. The van der Waals surface area contributed by atoms with Crippen LogP contribution in [0.25, 0.3) is 0 Å². The summed E-state index contributed by atoms with van der Waals surface area (Å²) in [5.74, 6) is 0. The average Bonchev–Trinajstić information content (AvgIpc) is 1.65. The molecule has 0 saturated carbocycles. The first-order valence-electron chi connectivity index (χ1n) is 1.44. The molecule has 0 aliphatic heterocycles. The summed E-state index contributed by atoms with van der Waals surface area (Å²) in [4.78, 5) is 0.579. The molecule has 0 amide bonds. The van der Waals surface area contributed by atoms with E-state index in [0.29, 0.717) is 16.9 Å². The normalized spacial score (nSPS) is 7.50. The van der Waals surface area contributed by atoms with Crippen molar-refractivity contribution in [3.05, 3.63) is 24.1 Å². The molecule has 0 fully saturated rings. The molecule has 0 atom stereocenters. The number of hydrogen-bond donors (Lipinski definition) is 1. The van der Waals surface area contributed by atoms with E-state index in [4.69, 9.17) is 4.55 Å². The van der Waals surface area contributed by atoms with Gasteiger partial charge in [-0.1, -0.05) is 19.2 Å². The topological polar surface area (TPSA) is 20.2 Å². The molecule has 0 aromatic carbocycles. The van der Waals surface area contributed by atoms with Crippen LogP contribution in [0.5, 0.6) is 0 Å². The van der Waals surface area contributed by atoms with Gasteiger partial charge in [0.15, 0.2) is 0 Å². The Morgan fingerprint density at radius 3 is 2.33 bits per heavy atom. The van der Waals surface area contributed by atoms with Crippen molar-refractivity contribution in [1.29, 1.82) is 0 Å². The van der Waals surface area contributed by atoms with Crippen molar-refractivity contribution in [2.75, 3.05) is 0 Å². The first-order valence-corrected chi connectivity index (χ1v) is 2.21. The van der Waals surface area contributed by atoms with Gasteiger partial charge in [0.2, 0.25) is 0 Å². The smallest absolute Gasteiger partial charge is 0.0273 e. The van der Waals surface area contributed by atoms with Crippen molar-refractivity contribution < 1.29 is 4.55 Å². The summed E-state index contributed by atoms with van der Waals surface area (Å²) in [5, 5.41) is 0. The summed E-state index contributed by atoms with van der Waals surface area (Å²) in [7, 11) is 0. The lowest BCUT2D eigenvalue weighted by molar-refractivity contribution is 0.670. The molecule has 0 aliphatic rings. The molecule has 1 nitrogen and oxygen atoms in total. The SMILES string of the molecule is C=CC(=C)SO. The van der Waals surface area contributed by atoms with Crippen LogP contribution in [0.4, 0.5) is 0 Å². The van der Waals surface area contributed by atoms with Crippen LogP contribution in [0, 0.1) is 0 Å². The second kappa shape index (κ2) is 3.00. The van der Waals surface area contributed by atoms with E-state index in [1.54, 1.807) is 0 Å². The summed E-state index contributed by atoms with van der Waals surface area (Å²) in [5.41, 5.74) is 0. The lowest BCUT2D eigenvalue weighted by atomic mass is 10.6. The molecule has 0 aliphatic carbocycles. The lowest BCUT2D eigenvalue weighted by Crippen LogP contribution is -1.55. The molecule has 0 rings (SSSR count). The van der Waals surface area contributed by atoms with Crippen molar-refractivity contribution in [3.8, 4) is 0 Å². The van der Waals surface area contributed by atoms with Crippen LogP contribution < -0.4 is 0 Å². The van der Waals surface area contributed by atoms with Gasteiger partial charge in [-0.3, -0.25) is 0 Å². The van der Waals surface area contributed by atoms with Gasteiger partial charge >= 0.3 is 0 Å². The molecule has 0 aromatic rings. The highest BCUT2D eigenvalue weighted by Gasteiger charge is 1.75. The highest BCUT2D eigenvalue weighted by molar-refractivity contribution is 7.97. The monoisotopic (exact) mass is 102 g/mol. The van der Waals surface area contributed by atoms with E-state index in [1.165, 1.54) is 6.08 Å². The number of allylic oxidation sites excluding steroid dienone is 1. The standard InChI is InChI=1S/C4H6OS/c1-3-4(2)6-5/h3,5H,1-2H2. The quantitative estimate of drug-likeness (QED) is 0.424. The Labute approximate surface area is 41.6 Å². The van der Waals surface area contributed by atoms with Gasteiger partial charge < -0.3 is 4.55 Å². The van der Waals surface area contributed by atoms with E-state index in [1.807, 2.05) is 0 Å². The summed E-state index contributed by atoms with van der Waals surface area (Å²) in [6, 6.07) is 0. The molecule has 6 heavy (non-hydrogen) atoms. The van der Waals surface area contributed by atoms with Crippen LogP contribution >= 0.6 is 12.0 Å². The van der Waals surface area contributed by atoms with Crippen LogP contribution in [0.2, 0.25) is 0 Å². The second-order valence-corrected chi connectivity index (χ2v) is 1.47. The Bertz CT molecular complexity index is 67.9. The third kappa shape index (κ3) is 2.05. The Morgan fingerprint density at radius 1 is 1.83 bits per heavy atom. The zero-order valence-corrected chi connectivity index (χ0v) is 4.16. The Balaban J connectivity index is 3.23. The zero-order chi connectivity index (χ0) is 4.99. The van der Waals surface area contributed by atoms with Crippen molar-refractivity contribution in [3.63, 3.8) is 0 Å². The van der Waals surface area contributed by atoms with Crippen LogP contribution in [0.3, 0.4) is 0 Å². The average molecular weight is 102 g/mol. The maximum Gasteiger partial charge on any atom is 0.0273 e. The van der Waals surface area contributed by atoms with Gasteiger partial charge in [-0.15, -0.1) is 0 Å². The highest BCUT2D eigenvalue weighted by Crippen LogP contribution is 2.05. The van der Waals surface area contributed by atoms with Crippen LogP contribution in [0.15, 0.2) is 24.1 Å². The maximum absolute atomic E-state index is 8.08. The van der Waals surface area contributed by atoms with Crippen molar-refractivity contribution in [2.45, 2.75) is 0 Å². The minimum absolute atomic E-state index is 0.579. The Kier molecular flexibility index (Phi) is 2.89. The van der Waals surface area contributed by atoms with Gasteiger partial charge in [0, 0.05) is 16.9 Å². The molecular formula is C4H6OS. The van der Waals surface area contributed by atoms with Crippen LogP contribution in [-0.4, -0.2) is 4.55 Å². The third-order valence-electron chi connectivity index (χ3n) is 0.345. The summed E-state index contributed by atoms with van der Waals surface area (Å²) < 4.78 is 8.08. The van der Waals surface area contributed by atoms with Gasteiger partial charge in [0.1, 0.15) is 0 Å². The van der Waals surface area contributed by atoms with Gasteiger partial charge in [-0.25, -0.2) is 0 Å². The fourth-order valence-corrected chi connectivity index (χ4v) is 0.112. The van der Waals surface area contributed by atoms with Gasteiger partial charge in [-0.05, 0) is 0 Å². The molecule has 0 spiro atoms. The number of rotatable bonds is 2. The third-order valence-corrected chi connectivity index (χ3v) is 0.746. The van der Waals surface area contributed by atoms with Crippen molar-refractivity contribution in [2.24, 2.45) is 0 Å². The molecule has 0 unspecified atom stereocenters. The molecule has 0 aromatic heterocycles. The van der Waals surface area contributed by atoms with Gasteiger partial charge in [-0.2, -0.15) is 0 Å².